The monoisotopic (exact) mass is 422 g/mol. The molecule has 2 amide bonds. The van der Waals surface area contributed by atoms with E-state index >= 15 is 0 Å². The number of hydrogen-bond donors (Lipinski definition) is 0. The van der Waals surface area contributed by atoms with Gasteiger partial charge in [0, 0.05) is 13.1 Å². The van der Waals surface area contributed by atoms with Gasteiger partial charge in [0.1, 0.15) is 5.70 Å². The van der Waals surface area contributed by atoms with Crippen molar-refractivity contribution in [2.24, 2.45) is 5.92 Å². The van der Waals surface area contributed by atoms with Gasteiger partial charge in [-0.1, -0.05) is 78.9 Å². The van der Waals surface area contributed by atoms with Crippen LogP contribution in [0.25, 0.3) is 5.57 Å². The normalized spacial score (nSPS) is 17.4. The molecule has 0 N–H and O–H groups in total. The van der Waals surface area contributed by atoms with Crippen LogP contribution >= 0.6 is 0 Å². The Hall–Kier alpha value is -3.66. The summed E-state index contributed by atoms with van der Waals surface area (Å²) in [5.74, 6) is 0.127. The van der Waals surface area contributed by atoms with Crippen LogP contribution in [0.1, 0.15) is 24.0 Å². The quantitative estimate of drug-likeness (QED) is 0.548. The van der Waals surface area contributed by atoms with Crippen LogP contribution in [0.4, 0.5) is 5.69 Å². The van der Waals surface area contributed by atoms with E-state index in [9.17, 15) is 9.59 Å². The van der Waals surface area contributed by atoms with E-state index in [1.165, 1.54) is 10.5 Å². The van der Waals surface area contributed by atoms with E-state index in [0.717, 1.165) is 37.9 Å². The molecule has 4 heteroatoms. The van der Waals surface area contributed by atoms with Crippen molar-refractivity contribution in [2.45, 2.75) is 19.3 Å². The lowest BCUT2D eigenvalue weighted by molar-refractivity contribution is -0.120. The van der Waals surface area contributed by atoms with E-state index in [0.29, 0.717) is 22.9 Å². The van der Waals surface area contributed by atoms with Crippen LogP contribution in [0.5, 0.6) is 0 Å². The summed E-state index contributed by atoms with van der Waals surface area (Å²) in [6.45, 7) is 1.57. The minimum atomic E-state index is -0.242. The Morgan fingerprint density at radius 2 is 1.25 bits per heavy atom. The van der Waals surface area contributed by atoms with Gasteiger partial charge in [-0.05, 0) is 48.4 Å². The summed E-state index contributed by atoms with van der Waals surface area (Å²) >= 11 is 0. The Bertz CT molecular complexity index is 1130. The summed E-state index contributed by atoms with van der Waals surface area (Å²) in [6, 6.07) is 29.4. The molecule has 0 spiro atoms. The number of benzene rings is 3. The maximum atomic E-state index is 13.6. The third-order valence-electron chi connectivity index (χ3n) is 6.43. The molecule has 3 aromatic carbocycles. The molecular weight excluding hydrogens is 396 g/mol. The number of piperidine rings is 1. The second-order valence-corrected chi connectivity index (χ2v) is 8.49. The predicted molar refractivity (Wildman–Crippen MR) is 127 cm³/mol. The van der Waals surface area contributed by atoms with Crippen LogP contribution in [-0.2, 0) is 16.0 Å². The summed E-state index contributed by atoms with van der Waals surface area (Å²) in [5.41, 5.74) is 3.83. The van der Waals surface area contributed by atoms with Crippen LogP contribution in [0, 0.1) is 5.92 Å². The van der Waals surface area contributed by atoms with Gasteiger partial charge in [-0.2, -0.15) is 0 Å². The van der Waals surface area contributed by atoms with Crippen molar-refractivity contribution < 1.29 is 9.59 Å². The van der Waals surface area contributed by atoms with Crippen molar-refractivity contribution >= 4 is 23.1 Å². The molecule has 0 bridgehead atoms. The van der Waals surface area contributed by atoms with Crippen molar-refractivity contribution in [3.8, 4) is 0 Å². The van der Waals surface area contributed by atoms with Crippen LogP contribution in [0.15, 0.2) is 96.7 Å². The Kier molecular flexibility index (Phi) is 5.59. The van der Waals surface area contributed by atoms with Crippen LogP contribution in [-0.4, -0.2) is 29.8 Å². The molecule has 5 rings (SSSR count). The minimum absolute atomic E-state index is 0.221. The van der Waals surface area contributed by atoms with E-state index in [4.69, 9.17) is 0 Å². The molecule has 0 saturated carbocycles. The zero-order valence-electron chi connectivity index (χ0n) is 18.0. The van der Waals surface area contributed by atoms with Gasteiger partial charge in [0.15, 0.2) is 0 Å². The number of carbonyl (C=O) groups is 2. The third-order valence-corrected chi connectivity index (χ3v) is 6.43. The molecule has 160 valence electrons. The lowest BCUT2D eigenvalue weighted by Crippen LogP contribution is -2.39. The van der Waals surface area contributed by atoms with E-state index in [-0.39, 0.29) is 11.8 Å². The fraction of sp³-hybridized carbons (Fsp3) is 0.214. The lowest BCUT2D eigenvalue weighted by Gasteiger charge is -2.34. The molecule has 0 atom stereocenters. The topological polar surface area (TPSA) is 40.6 Å². The average Bonchev–Trinajstić information content (AvgIpc) is 3.11. The van der Waals surface area contributed by atoms with Crippen molar-refractivity contribution in [3.05, 3.63) is 108 Å². The largest absolute Gasteiger partial charge is 0.366 e. The second kappa shape index (κ2) is 8.83. The summed E-state index contributed by atoms with van der Waals surface area (Å²) < 4.78 is 0. The number of carbonyl (C=O) groups excluding carboxylic acids is 2. The molecule has 2 heterocycles. The highest BCUT2D eigenvalue weighted by Gasteiger charge is 2.43. The molecule has 3 aromatic rings. The molecule has 1 fully saturated rings. The van der Waals surface area contributed by atoms with E-state index in [2.05, 4.69) is 29.2 Å². The zero-order valence-corrected chi connectivity index (χ0v) is 18.0. The maximum Gasteiger partial charge on any atom is 0.282 e. The van der Waals surface area contributed by atoms with Crippen molar-refractivity contribution in [1.29, 1.82) is 0 Å². The number of para-hydroxylation sites is 1. The summed E-state index contributed by atoms with van der Waals surface area (Å²) in [5, 5.41) is 0. The molecular formula is C28H26N2O2. The Morgan fingerprint density at radius 3 is 1.88 bits per heavy atom. The molecule has 1 saturated heterocycles. The number of anilines is 1. The average molecular weight is 423 g/mol. The Balaban J connectivity index is 1.43. The van der Waals surface area contributed by atoms with Crippen molar-refractivity contribution in [1.82, 2.24) is 4.90 Å². The van der Waals surface area contributed by atoms with Crippen LogP contribution in [0.2, 0.25) is 0 Å². The summed E-state index contributed by atoms with van der Waals surface area (Å²) in [6.07, 6.45) is 3.07. The number of amides is 2. The fourth-order valence-electron chi connectivity index (χ4n) is 4.80. The van der Waals surface area contributed by atoms with Crippen molar-refractivity contribution in [2.75, 3.05) is 18.0 Å². The molecule has 2 aliphatic rings. The first-order chi connectivity index (χ1) is 15.7. The highest BCUT2D eigenvalue weighted by Crippen LogP contribution is 2.36. The van der Waals surface area contributed by atoms with Gasteiger partial charge >= 0.3 is 0 Å². The van der Waals surface area contributed by atoms with Crippen LogP contribution < -0.4 is 4.90 Å². The van der Waals surface area contributed by atoms with E-state index in [1.807, 2.05) is 66.7 Å². The van der Waals surface area contributed by atoms with Gasteiger partial charge in [-0.25, -0.2) is 4.90 Å². The number of hydrogen-bond acceptors (Lipinski definition) is 3. The van der Waals surface area contributed by atoms with Gasteiger partial charge in [0.2, 0.25) is 0 Å². The van der Waals surface area contributed by atoms with Gasteiger partial charge < -0.3 is 4.90 Å². The fourth-order valence-corrected chi connectivity index (χ4v) is 4.80. The highest BCUT2D eigenvalue weighted by atomic mass is 16.2. The first-order valence-corrected chi connectivity index (χ1v) is 11.2. The molecule has 2 aliphatic heterocycles. The number of likely N-dealkylation sites (tertiary alicyclic amines) is 1. The highest BCUT2D eigenvalue weighted by molar-refractivity contribution is 6.45. The second-order valence-electron chi connectivity index (χ2n) is 8.49. The number of rotatable bonds is 5. The van der Waals surface area contributed by atoms with Crippen molar-refractivity contribution in [3.63, 3.8) is 0 Å². The molecule has 4 nitrogen and oxygen atoms in total. The first kappa shape index (κ1) is 20.3. The summed E-state index contributed by atoms with van der Waals surface area (Å²) in [7, 11) is 0. The predicted octanol–water partition coefficient (Wildman–Crippen LogP) is 4.93. The zero-order chi connectivity index (χ0) is 21.9. The molecule has 0 aromatic heterocycles. The lowest BCUT2D eigenvalue weighted by atomic mass is 9.89. The minimum Gasteiger partial charge on any atom is -0.366 e. The standard InChI is InChI=1S/C28H26N2O2/c31-27-25(23-12-6-2-7-13-23)26(28(32)30(27)24-14-8-3-9-15-24)29-18-16-22(17-19-29)20-21-10-4-1-5-11-21/h1-15,22H,16-20H2. The van der Waals surface area contributed by atoms with Crippen LogP contribution in [0.3, 0.4) is 0 Å². The first-order valence-electron chi connectivity index (χ1n) is 11.2. The Morgan fingerprint density at radius 1 is 0.688 bits per heavy atom. The maximum absolute atomic E-state index is 13.6. The molecule has 0 radical (unpaired) electrons. The Labute approximate surface area is 188 Å². The van der Waals surface area contributed by atoms with Gasteiger partial charge in [0.25, 0.3) is 11.8 Å². The van der Waals surface area contributed by atoms with Gasteiger partial charge in [-0.15, -0.1) is 0 Å². The van der Waals surface area contributed by atoms with Gasteiger partial charge in [-0.3, -0.25) is 9.59 Å². The summed E-state index contributed by atoms with van der Waals surface area (Å²) in [4.78, 5) is 30.5. The van der Waals surface area contributed by atoms with Gasteiger partial charge in [0.05, 0.1) is 11.3 Å². The smallest absolute Gasteiger partial charge is 0.282 e. The van der Waals surface area contributed by atoms with E-state index < -0.39 is 0 Å². The SMILES string of the molecule is O=C1C(c2ccccc2)=C(N2CCC(Cc3ccccc3)CC2)C(=O)N1c1ccccc1. The third kappa shape index (κ3) is 3.84. The molecule has 0 aliphatic carbocycles. The van der Waals surface area contributed by atoms with E-state index in [1.54, 1.807) is 0 Å². The number of nitrogens with zero attached hydrogens (tertiary/aromatic N) is 2. The molecule has 32 heavy (non-hydrogen) atoms. The molecule has 0 unspecified atom stereocenters. The number of imide groups is 1.